The van der Waals surface area contributed by atoms with Crippen molar-refractivity contribution >= 4 is 17.8 Å². The van der Waals surface area contributed by atoms with Crippen LogP contribution in [0.2, 0.25) is 0 Å². The molecule has 1 N–H and O–H groups in total. The molecule has 134 valence electrons. The summed E-state index contributed by atoms with van der Waals surface area (Å²) in [6.45, 7) is -0.137. The molecule has 0 saturated carbocycles. The summed E-state index contributed by atoms with van der Waals surface area (Å²) < 4.78 is 39.8. The van der Waals surface area contributed by atoms with Crippen LogP contribution in [0.25, 0.3) is 0 Å². The molecule has 1 aromatic carbocycles. The van der Waals surface area contributed by atoms with Crippen molar-refractivity contribution in [3.63, 3.8) is 0 Å². The number of nitrogens with one attached hydrogen (secondary N) is 1. The number of hydrogen-bond donors (Lipinski definition) is 1. The van der Waals surface area contributed by atoms with Crippen molar-refractivity contribution in [2.45, 2.75) is 6.54 Å². The molecule has 1 amide bonds. The van der Waals surface area contributed by atoms with Crippen molar-refractivity contribution in [3.05, 3.63) is 41.0 Å². The second kappa shape index (κ2) is 7.32. The Labute approximate surface area is 142 Å². The minimum atomic E-state index is -1.70. The Bertz CT molecular complexity index is 771. The maximum absolute atomic E-state index is 13.6. The zero-order valence-electron chi connectivity index (χ0n) is 14.1. The number of anilines is 2. The van der Waals surface area contributed by atoms with Crippen LogP contribution in [0.1, 0.15) is 16.2 Å². The van der Waals surface area contributed by atoms with Crippen LogP contribution in [-0.2, 0) is 6.54 Å². The summed E-state index contributed by atoms with van der Waals surface area (Å²) in [6, 6.07) is 1.55. The molecule has 0 aliphatic rings. The number of benzene rings is 1. The third-order valence-corrected chi connectivity index (χ3v) is 3.14. The molecular weight excluding hydrogens is 337 g/mol. The maximum atomic E-state index is 13.6. The van der Waals surface area contributed by atoms with Crippen LogP contribution in [0.4, 0.5) is 25.1 Å². The predicted molar refractivity (Wildman–Crippen MR) is 86.0 cm³/mol. The van der Waals surface area contributed by atoms with E-state index in [0.29, 0.717) is 18.0 Å². The molecular formula is C15H17F3N6O. The number of carbonyl (C=O) groups is 1. The third kappa shape index (κ3) is 4.14. The third-order valence-electron chi connectivity index (χ3n) is 3.14. The number of rotatable bonds is 5. The Kier molecular flexibility index (Phi) is 5.40. The van der Waals surface area contributed by atoms with Gasteiger partial charge in [-0.05, 0) is 12.1 Å². The normalized spacial score (nSPS) is 10.5. The Morgan fingerprint density at radius 3 is 2.04 bits per heavy atom. The molecule has 0 fully saturated rings. The van der Waals surface area contributed by atoms with E-state index in [9.17, 15) is 18.0 Å². The molecule has 0 radical (unpaired) electrons. The van der Waals surface area contributed by atoms with E-state index in [0.717, 1.165) is 6.07 Å². The first kappa shape index (κ1) is 18.4. The fraction of sp³-hybridized carbons (Fsp3) is 0.333. The number of amides is 1. The van der Waals surface area contributed by atoms with Gasteiger partial charge in [0.15, 0.2) is 23.3 Å². The van der Waals surface area contributed by atoms with Crippen molar-refractivity contribution in [2.24, 2.45) is 0 Å². The minimum absolute atomic E-state index is 0.137. The van der Waals surface area contributed by atoms with E-state index in [4.69, 9.17) is 0 Å². The smallest absolute Gasteiger partial charge is 0.254 e. The highest BCUT2D eigenvalue weighted by molar-refractivity contribution is 5.94. The SMILES string of the molecule is CN(C)c1nc(CNC(=O)c2ccc(F)c(F)c2F)nc(N(C)C)n1. The quantitative estimate of drug-likeness (QED) is 0.817. The van der Waals surface area contributed by atoms with Crippen molar-refractivity contribution in [1.29, 1.82) is 0 Å². The first-order chi connectivity index (χ1) is 11.7. The largest absolute Gasteiger partial charge is 0.347 e. The van der Waals surface area contributed by atoms with Gasteiger partial charge in [0.2, 0.25) is 11.9 Å². The second-order valence-corrected chi connectivity index (χ2v) is 5.55. The van der Waals surface area contributed by atoms with Crippen LogP contribution in [0, 0.1) is 17.5 Å². The first-order valence-electron chi connectivity index (χ1n) is 7.22. The standard InChI is InChI=1S/C15H17F3N6O/c1-23(2)14-20-10(21-15(22-14)24(3)4)7-19-13(25)8-5-6-9(16)12(18)11(8)17/h5-6H,7H2,1-4H3,(H,19,25). The Morgan fingerprint density at radius 2 is 1.52 bits per heavy atom. The van der Waals surface area contributed by atoms with Crippen molar-refractivity contribution < 1.29 is 18.0 Å². The van der Waals surface area contributed by atoms with Crippen LogP contribution < -0.4 is 15.1 Å². The van der Waals surface area contributed by atoms with Crippen LogP contribution in [0.3, 0.4) is 0 Å². The molecule has 0 saturated heterocycles. The van der Waals surface area contributed by atoms with Crippen LogP contribution >= 0.6 is 0 Å². The molecule has 7 nitrogen and oxygen atoms in total. The highest BCUT2D eigenvalue weighted by Crippen LogP contribution is 2.15. The van der Waals surface area contributed by atoms with E-state index >= 15 is 0 Å². The maximum Gasteiger partial charge on any atom is 0.254 e. The summed E-state index contributed by atoms with van der Waals surface area (Å²) in [6.07, 6.45) is 0. The highest BCUT2D eigenvalue weighted by atomic mass is 19.2. The monoisotopic (exact) mass is 354 g/mol. The lowest BCUT2D eigenvalue weighted by molar-refractivity contribution is 0.0944. The summed E-state index contributed by atoms with van der Waals surface area (Å²) in [5.41, 5.74) is -0.603. The average Bonchev–Trinajstić information content (AvgIpc) is 2.57. The lowest BCUT2D eigenvalue weighted by atomic mass is 10.2. The van der Waals surface area contributed by atoms with Crippen molar-refractivity contribution in [2.75, 3.05) is 38.0 Å². The van der Waals surface area contributed by atoms with Gasteiger partial charge in [0.1, 0.15) is 0 Å². The fourth-order valence-electron chi connectivity index (χ4n) is 1.83. The predicted octanol–water partition coefficient (Wildman–Crippen LogP) is 1.35. The van der Waals surface area contributed by atoms with Gasteiger partial charge in [-0.2, -0.15) is 15.0 Å². The molecule has 1 heterocycles. The molecule has 2 rings (SSSR count). The first-order valence-corrected chi connectivity index (χ1v) is 7.22. The Balaban J connectivity index is 2.21. The highest BCUT2D eigenvalue weighted by Gasteiger charge is 2.19. The lowest BCUT2D eigenvalue weighted by Gasteiger charge is -2.16. The van der Waals surface area contributed by atoms with Gasteiger partial charge in [0.05, 0.1) is 12.1 Å². The molecule has 1 aromatic heterocycles. The number of nitrogens with zero attached hydrogens (tertiary/aromatic N) is 5. The molecule has 0 unspecified atom stereocenters. The molecule has 0 atom stereocenters. The summed E-state index contributed by atoms with van der Waals surface area (Å²) in [4.78, 5) is 27.9. The van der Waals surface area contributed by atoms with Crippen molar-refractivity contribution in [3.8, 4) is 0 Å². The molecule has 0 aliphatic carbocycles. The van der Waals surface area contributed by atoms with Crippen LogP contribution in [0.15, 0.2) is 12.1 Å². The summed E-state index contributed by atoms with van der Waals surface area (Å²) in [7, 11) is 6.98. The van der Waals surface area contributed by atoms with E-state index in [2.05, 4.69) is 20.3 Å². The van der Waals surface area contributed by atoms with Gasteiger partial charge in [-0.1, -0.05) is 0 Å². The Hall–Kier alpha value is -2.91. The summed E-state index contributed by atoms with van der Waals surface area (Å²) in [5, 5.41) is 2.38. The van der Waals surface area contributed by atoms with E-state index in [-0.39, 0.29) is 12.4 Å². The molecule has 0 bridgehead atoms. The van der Waals surface area contributed by atoms with Gasteiger partial charge in [0, 0.05) is 28.2 Å². The van der Waals surface area contributed by atoms with Gasteiger partial charge >= 0.3 is 0 Å². The Morgan fingerprint density at radius 1 is 0.960 bits per heavy atom. The van der Waals surface area contributed by atoms with E-state index in [1.54, 1.807) is 38.0 Å². The van der Waals surface area contributed by atoms with E-state index in [1.165, 1.54) is 0 Å². The summed E-state index contributed by atoms with van der Waals surface area (Å²) >= 11 is 0. The van der Waals surface area contributed by atoms with Crippen LogP contribution in [-0.4, -0.2) is 49.0 Å². The van der Waals surface area contributed by atoms with E-state index < -0.39 is 28.9 Å². The second-order valence-electron chi connectivity index (χ2n) is 5.55. The van der Waals surface area contributed by atoms with Gasteiger partial charge in [0.25, 0.3) is 5.91 Å². The fourth-order valence-corrected chi connectivity index (χ4v) is 1.83. The lowest BCUT2D eigenvalue weighted by Crippen LogP contribution is -2.27. The van der Waals surface area contributed by atoms with Crippen molar-refractivity contribution in [1.82, 2.24) is 20.3 Å². The number of hydrogen-bond acceptors (Lipinski definition) is 6. The van der Waals surface area contributed by atoms with Gasteiger partial charge in [-0.3, -0.25) is 4.79 Å². The average molecular weight is 354 g/mol. The zero-order valence-corrected chi connectivity index (χ0v) is 14.1. The molecule has 0 spiro atoms. The zero-order chi connectivity index (χ0) is 18.7. The van der Waals surface area contributed by atoms with Crippen LogP contribution in [0.5, 0.6) is 0 Å². The van der Waals surface area contributed by atoms with Gasteiger partial charge < -0.3 is 15.1 Å². The van der Waals surface area contributed by atoms with Gasteiger partial charge in [-0.25, -0.2) is 13.2 Å². The molecule has 10 heteroatoms. The summed E-state index contributed by atoms with van der Waals surface area (Å²) in [5.74, 6) is -4.52. The topological polar surface area (TPSA) is 74.2 Å². The molecule has 25 heavy (non-hydrogen) atoms. The van der Waals surface area contributed by atoms with Gasteiger partial charge in [-0.15, -0.1) is 0 Å². The molecule has 0 aliphatic heterocycles. The van der Waals surface area contributed by atoms with E-state index in [1.807, 2.05) is 0 Å². The minimum Gasteiger partial charge on any atom is -0.347 e. The number of carbonyl (C=O) groups excluding carboxylic acids is 1. The molecule has 2 aromatic rings. The number of halogens is 3. The number of aromatic nitrogens is 3.